The van der Waals surface area contributed by atoms with Crippen LogP contribution in [0, 0.1) is 5.92 Å². The van der Waals surface area contributed by atoms with Crippen molar-refractivity contribution >= 4 is 17.8 Å². The van der Waals surface area contributed by atoms with Crippen LogP contribution in [-0.4, -0.2) is 71.6 Å². The van der Waals surface area contributed by atoms with E-state index in [0.29, 0.717) is 12.8 Å². The number of methoxy groups -OCH3 is 1. The van der Waals surface area contributed by atoms with Gasteiger partial charge in [-0.15, -0.1) is 0 Å². The molecule has 1 saturated carbocycles. The third kappa shape index (κ3) is 5.67. The van der Waals surface area contributed by atoms with Crippen LogP contribution in [0.15, 0.2) is 0 Å². The van der Waals surface area contributed by atoms with Gasteiger partial charge in [0.05, 0.1) is 13.0 Å². The second-order valence-corrected chi connectivity index (χ2v) is 8.98. The van der Waals surface area contributed by atoms with Gasteiger partial charge in [-0.1, -0.05) is 0 Å². The summed E-state index contributed by atoms with van der Waals surface area (Å²) in [6.07, 6.45) is -4.38. The summed E-state index contributed by atoms with van der Waals surface area (Å²) in [4.78, 5) is 38.1. The maximum atomic E-state index is 16.5. The van der Waals surface area contributed by atoms with Crippen LogP contribution in [0.2, 0.25) is 0 Å². The number of esters is 2. The van der Waals surface area contributed by atoms with Crippen LogP contribution >= 0.6 is 0 Å². The number of likely N-dealkylation sites (tertiary alicyclic amines) is 1. The van der Waals surface area contributed by atoms with E-state index in [9.17, 15) is 27.6 Å². The maximum Gasteiger partial charge on any atom is 0.471 e. The Hall–Kier alpha value is -1.91. The molecule has 1 unspecified atom stereocenters. The Labute approximate surface area is 179 Å². The zero-order chi connectivity index (χ0) is 23.6. The van der Waals surface area contributed by atoms with E-state index in [1.807, 2.05) is 0 Å². The number of carbonyl (C=O) groups is 3. The lowest BCUT2D eigenvalue weighted by Gasteiger charge is -2.47. The number of hydrogen-bond donors (Lipinski definition) is 0. The van der Waals surface area contributed by atoms with Crippen molar-refractivity contribution in [1.29, 1.82) is 0 Å². The molecule has 1 amide bonds. The van der Waals surface area contributed by atoms with Crippen LogP contribution in [0.4, 0.5) is 17.6 Å². The van der Waals surface area contributed by atoms with Crippen molar-refractivity contribution in [2.24, 2.45) is 5.92 Å². The van der Waals surface area contributed by atoms with E-state index in [1.165, 1.54) is 27.9 Å². The van der Waals surface area contributed by atoms with E-state index in [0.717, 1.165) is 4.90 Å². The van der Waals surface area contributed by atoms with Crippen molar-refractivity contribution in [2.45, 2.75) is 83.0 Å². The van der Waals surface area contributed by atoms with Gasteiger partial charge in [-0.3, -0.25) is 14.5 Å². The highest BCUT2D eigenvalue weighted by molar-refractivity contribution is 5.89. The monoisotopic (exact) mass is 454 g/mol. The number of hydrogen-bond acceptors (Lipinski definition) is 6. The van der Waals surface area contributed by atoms with Gasteiger partial charge in [-0.2, -0.15) is 17.6 Å². The maximum absolute atomic E-state index is 16.5. The van der Waals surface area contributed by atoms with E-state index in [4.69, 9.17) is 4.74 Å². The molecule has 2 aliphatic rings. The molecule has 2 rings (SSSR count). The molecule has 0 aromatic carbocycles. The lowest BCUT2D eigenvalue weighted by atomic mass is 9.85. The Morgan fingerprint density at radius 3 is 1.87 bits per heavy atom. The predicted octanol–water partition coefficient (Wildman–Crippen LogP) is 3.17. The van der Waals surface area contributed by atoms with Gasteiger partial charge in [0, 0.05) is 19.1 Å². The van der Waals surface area contributed by atoms with Crippen molar-refractivity contribution < 1.29 is 41.4 Å². The van der Waals surface area contributed by atoms with E-state index in [1.54, 1.807) is 0 Å². The fourth-order valence-electron chi connectivity index (χ4n) is 4.15. The van der Waals surface area contributed by atoms with E-state index in [2.05, 4.69) is 4.74 Å². The van der Waals surface area contributed by atoms with Gasteiger partial charge in [-0.25, -0.2) is 9.69 Å². The second-order valence-electron chi connectivity index (χ2n) is 8.98. The van der Waals surface area contributed by atoms with Gasteiger partial charge in [0.2, 0.25) is 0 Å². The molecule has 7 nitrogen and oxygen atoms in total. The number of amides is 1. The van der Waals surface area contributed by atoms with Crippen LogP contribution in [0.3, 0.4) is 0 Å². The molecule has 1 saturated heterocycles. The summed E-state index contributed by atoms with van der Waals surface area (Å²) < 4.78 is 66.9. The molecule has 0 bridgehead atoms. The third-order valence-corrected chi connectivity index (χ3v) is 5.56. The minimum atomic E-state index is -5.39. The Balaban J connectivity index is 2.46. The topological polar surface area (TPSA) is 76.1 Å². The summed E-state index contributed by atoms with van der Waals surface area (Å²) in [5, 5.41) is 0. The fourth-order valence-corrected chi connectivity index (χ4v) is 4.15. The zero-order valence-electron chi connectivity index (χ0n) is 18.3. The Kier molecular flexibility index (Phi) is 7.60. The largest absolute Gasteiger partial charge is 0.471 e. The van der Waals surface area contributed by atoms with Crippen LogP contribution in [-0.2, 0) is 23.9 Å². The number of carbonyl (C=O) groups excluding carboxylic acids is 3. The summed E-state index contributed by atoms with van der Waals surface area (Å²) in [7, 11) is 1.20. The van der Waals surface area contributed by atoms with Crippen molar-refractivity contribution in [1.82, 2.24) is 9.80 Å². The van der Waals surface area contributed by atoms with Crippen LogP contribution in [0.25, 0.3) is 0 Å². The molecule has 0 aromatic heterocycles. The first kappa shape index (κ1) is 25.4. The highest BCUT2D eigenvalue weighted by atomic mass is 19.4. The molecule has 0 N–H and O–H groups in total. The predicted molar refractivity (Wildman–Crippen MR) is 101 cm³/mol. The highest BCUT2D eigenvalue weighted by Crippen LogP contribution is 2.39. The molecule has 11 heteroatoms. The summed E-state index contributed by atoms with van der Waals surface area (Å²) in [5.41, 5.74) is -1.18. The lowest BCUT2D eigenvalue weighted by Crippen LogP contribution is -2.69. The molecular formula is C20H30F4N2O5. The lowest BCUT2D eigenvalue weighted by molar-refractivity contribution is -0.239. The molecule has 0 radical (unpaired) electrons. The SMILES string of the molecule is COC(=O)[C@H]1CC[C@H](N(C(=O)C(F)(F)F)C(F)(C(=O)OC(C)(C)C)N2CCCC2)CC1. The molecule has 31 heavy (non-hydrogen) atoms. The zero-order valence-corrected chi connectivity index (χ0v) is 18.3. The molecule has 0 aromatic rings. The Bertz CT molecular complexity index is 680. The molecular weight excluding hydrogens is 424 g/mol. The van der Waals surface area contributed by atoms with E-state index >= 15 is 4.39 Å². The minimum Gasteiger partial charge on any atom is -0.469 e. The smallest absolute Gasteiger partial charge is 0.469 e. The van der Waals surface area contributed by atoms with Gasteiger partial charge < -0.3 is 9.47 Å². The summed E-state index contributed by atoms with van der Waals surface area (Å²) in [6.45, 7) is 4.41. The third-order valence-electron chi connectivity index (χ3n) is 5.56. The second kappa shape index (κ2) is 9.30. The standard InChI is InChI=1S/C20H30F4N2O5/c1-18(2,3)31-17(29)20(24,25-11-5-6-12-25)26(16(28)19(21,22)23)14-9-7-13(8-10-14)15(27)30-4/h13-14H,5-12H2,1-4H3/t13-,14-,20?. The van der Waals surface area contributed by atoms with Gasteiger partial charge in [0.25, 0.3) is 0 Å². The Morgan fingerprint density at radius 2 is 1.45 bits per heavy atom. The van der Waals surface area contributed by atoms with Gasteiger partial charge >= 0.3 is 29.9 Å². The average Bonchev–Trinajstić information content (AvgIpc) is 3.21. The number of rotatable bonds is 5. The van der Waals surface area contributed by atoms with Gasteiger partial charge in [0.1, 0.15) is 5.60 Å². The molecule has 178 valence electrons. The van der Waals surface area contributed by atoms with Crippen molar-refractivity contribution in [3.8, 4) is 0 Å². The van der Waals surface area contributed by atoms with E-state index in [-0.39, 0.29) is 43.7 Å². The van der Waals surface area contributed by atoms with Crippen molar-refractivity contribution in [3.05, 3.63) is 0 Å². The average molecular weight is 454 g/mol. The number of nitrogens with zero attached hydrogens (tertiary/aromatic N) is 2. The number of halogens is 4. The number of alkyl halides is 4. The fraction of sp³-hybridized carbons (Fsp3) is 0.850. The number of ether oxygens (including phenoxy) is 2. The quantitative estimate of drug-likeness (QED) is 0.361. The molecule has 1 atom stereocenters. The molecule has 1 heterocycles. The van der Waals surface area contributed by atoms with Gasteiger partial charge in [-0.05, 0) is 59.3 Å². The first-order chi connectivity index (χ1) is 14.2. The van der Waals surface area contributed by atoms with Crippen molar-refractivity contribution in [2.75, 3.05) is 20.2 Å². The minimum absolute atomic E-state index is 0.00882. The normalized spacial score (nSPS) is 24.9. The molecule has 0 spiro atoms. The molecule has 2 fully saturated rings. The first-order valence-corrected chi connectivity index (χ1v) is 10.4. The van der Waals surface area contributed by atoms with Gasteiger partial charge in [0.15, 0.2) is 0 Å². The van der Waals surface area contributed by atoms with E-state index < -0.39 is 47.5 Å². The highest BCUT2D eigenvalue weighted by Gasteiger charge is 2.62. The van der Waals surface area contributed by atoms with Crippen molar-refractivity contribution in [3.63, 3.8) is 0 Å². The van der Waals surface area contributed by atoms with Crippen LogP contribution in [0.5, 0.6) is 0 Å². The summed E-state index contributed by atoms with van der Waals surface area (Å²) in [5.74, 6) is -8.44. The summed E-state index contributed by atoms with van der Waals surface area (Å²) >= 11 is 0. The van der Waals surface area contributed by atoms with Crippen LogP contribution in [0.1, 0.15) is 59.3 Å². The van der Waals surface area contributed by atoms with Crippen LogP contribution < -0.4 is 0 Å². The first-order valence-electron chi connectivity index (χ1n) is 10.4. The molecule has 1 aliphatic carbocycles. The summed E-state index contributed by atoms with van der Waals surface area (Å²) in [6, 6.07) is -1.23. The molecule has 1 aliphatic heterocycles. The Morgan fingerprint density at radius 1 is 0.935 bits per heavy atom.